The number of aromatic hydroxyl groups is 2. The normalized spacial score (nSPS) is 11.3. The summed E-state index contributed by atoms with van der Waals surface area (Å²) in [6.07, 6.45) is 0. The summed E-state index contributed by atoms with van der Waals surface area (Å²) in [4.78, 5) is 15.5. The van der Waals surface area contributed by atoms with Crippen molar-refractivity contribution in [3.05, 3.63) is 77.9 Å². The van der Waals surface area contributed by atoms with Gasteiger partial charge >= 0.3 is 0 Å². The summed E-state index contributed by atoms with van der Waals surface area (Å²) in [5.41, 5.74) is 2.01. The van der Waals surface area contributed by atoms with E-state index < -0.39 is 0 Å². The van der Waals surface area contributed by atoms with Crippen molar-refractivity contribution in [3.63, 3.8) is 0 Å². The van der Waals surface area contributed by atoms with Crippen molar-refractivity contribution in [1.82, 2.24) is 4.90 Å². The van der Waals surface area contributed by atoms with Crippen LogP contribution >= 0.6 is 12.4 Å². The number of nitrogens with zero attached hydrogens (tertiary/aromatic N) is 1. The van der Waals surface area contributed by atoms with E-state index in [2.05, 4.69) is 0 Å². The van der Waals surface area contributed by atoms with E-state index in [1.165, 1.54) is 0 Å². The molecule has 34 heavy (non-hydrogen) atoms. The van der Waals surface area contributed by atoms with E-state index in [0.29, 0.717) is 40.0 Å². The first-order chi connectivity index (χ1) is 15.9. The van der Waals surface area contributed by atoms with Gasteiger partial charge in [-0.15, -0.1) is 12.4 Å². The molecule has 5 rings (SSSR count). The molecule has 0 aliphatic heterocycles. The first-order valence-corrected chi connectivity index (χ1v) is 10.6. The van der Waals surface area contributed by atoms with Gasteiger partial charge in [0.2, 0.25) is 0 Å². The van der Waals surface area contributed by atoms with Gasteiger partial charge in [-0.25, -0.2) is 0 Å². The Labute approximate surface area is 202 Å². The van der Waals surface area contributed by atoms with Crippen molar-refractivity contribution < 1.29 is 24.2 Å². The van der Waals surface area contributed by atoms with Crippen LogP contribution in [-0.4, -0.2) is 48.1 Å². The summed E-state index contributed by atoms with van der Waals surface area (Å²) in [5, 5.41) is 23.1. The fraction of sp³-hybridized carbons (Fsp3) is 0.148. The van der Waals surface area contributed by atoms with Gasteiger partial charge in [-0.2, -0.15) is 0 Å². The molecule has 5 aromatic rings. The molecule has 4 aromatic carbocycles. The van der Waals surface area contributed by atoms with Gasteiger partial charge in [-0.05, 0) is 85.5 Å². The van der Waals surface area contributed by atoms with E-state index in [-0.39, 0.29) is 29.7 Å². The molecular formula is C27H24ClNO5. The molecular weight excluding hydrogens is 454 g/mol. The van der Waals surface area contributed by atoms with Crippen LogP contribution in [0.3, 0.4) is 0 Å². The molecule has 0 aliphatic rings. The number of carbonyl (C=O) groups is 1. The molecule has 6 nitrogen and oxygen atoms in total. The third-order valence-corrected chi connectivity index (χ3v) is 5.71. The number of furan rings is 1. The summed E-state index contributed by atoms with van der Waals surface area (Å²) in [5.74, 6) is 0.692. The zero-order chi connectivity index (χ0) is 23.1. The summed E-state index contributed by atoms with van der Waals surface area (Å²) >= 11 is 0. The lowest BCUT2D eigenvalue weighted by molar-refractivity contribution is 0.104. The number of carbonyl (C=O) groups excluding carboxylic acids is 1. The fourth-order valence-electron chi connectivity index (χ4n) is 4.06. The average Bonchev–Trinajstić information content (AvgIpc) is 3.15. The van der Waals surface area contributed by atoms with Crippen LogP contribution in [0.5, 0.6) is 17.2 Å². The predicted molar refractivity (Wildman–Crippen MR) is 136 cm³/mol. The topological polar surface area (TPSA) is 83.1 Å². The Morgan fingerprint density at radius 2 is 1.53 bits per heavy atom. The van der Waals surface area contributed by atoms with Gasteiger partial charge in [0.1, 0.15) is 35.0 Å². The zero-order valence-corrected chi connectivity index (χ0v) is 19.6. The maximum Gasteiger partial charge on any atom is 0.193 e. The number of benzene rings is 4. The van der Waals surface area contributed by atoms with E-state index in [9.17, 15) is 15.0 Å². The molecule has 0 saturated carbocycles. The highest BCUT2D eigenvalue weighted by molar-refractivity contribution is 6.26. The molecule has 0 aliphatic carbocycles. The van der Waals surface area contributed by atoms with Gasteiger partial charge < -0.3 is 24.3 Å². The number of halogens is 1. The lowest BCUT2D eigenvalue weighted by Crippen LogP contribution is -2.19. The number of likely N-dealkylation sites (N-methyl/N-ethyl adjacent to an activating group) is 1. The molecule has 0 radical (unpaired) electrons. The number of ether oxygens (including phenoxy) is 1. The third kappa shape index (κ3) is 4.25. The minimum atomic E-state index is -0.185. The van der Waals surface area contributed by atoms with Gasteiger partial charge in [0.25, 0.3) is 0 Å². The van der Waals surface area contributed by atoms with E-state index in [0.717, 1.165) is 22.7 Å². The van der Waals surface area contributed by atoms with Crippen molar-refractivity contribution in [2.24, 2.45) is 0 Å². The van der Waals surface area contributed by atoms with E-state index in [4.69, 9.17) is 9.15 Å². The molecule has 0 fully saturated rings. The molecule has 0 saturated heterocycles. The number of fused-ring (bicyclic) bond motifs is 5. The van der Waals surface area contributed by atoms with Crippen LogP contribution in [0, 0.1) is 0 Å². The van der Waals surface area contributed by atoms with E-state index in [1.54, 1.807) is 66.7 Å². The Balaban J connectivity index is 0.00000274. The molecule has 0 unspecified atom stereocenters. The number of rotatable bonds is 6. The molecule has 2 N–H and O–H groups in total. The van der Waals surface area contributed by atoms with Crippen molar-refractivity contribution in [2.45, 2.75) is 0 Å². The molecule has 174 valence electrons. The van der Waals surface area contributed by atoms with Crippen molar-refractivity contribution in [1.29, 1.82) is 0 Å². The van der Waals surface area contributed by atoms with Gasteiger partial charge in [-0.1, -0.05) is 0 Å². The number of phenols is 2. The smallest absolute Gasteiger partial charge is 0.193 e. The zero-order valence-electron chi connectivity index (χ0n) is 18.7. The molecule has 0 spiro atoms. The Kier molecular flexibility index (Phi) is 6.37. The fourth-order valence-corrected chi connectivity index (χ4v) is 4.06. The largest absolute Gasteiger partial charge is 0.508 e. The first-order valence-electron chi connectivity index (χ1n) is 10.6. The maximum atomic E-state index is 13.5. The highest BCUT2D eigenvalue weighted by Crippen LogP contribution is 2.39. The van der Waals surface area contributed by atoms with E-state index in [1.807, 2.05) is 19.0 Å². The second-order valence-corrected chi connectivity index (χ2v) is 8.31. The summed E-state index contributed by atoms with van der Waals surface area (Å²) in [7, 11) is 3.96. The van der Waals surface area contributed by atoms with Crippen LogP contribution in [0.4, 0.5) is 0 Å². The molecule has 0 bridgehead atoms. The first kappa shape index (κ1) is 23.4. The summed E-state index contributed by atoms with van der Waals surface area (Å²) in [6.45, 7) is 1.36. The van der Waals surface area contributed by atoms with E-state index >= 15 is 0 Å². The monoisotopic (exact) mass is 477 g/mol. The summed E-state index contributed by atoms with van der Waals surface area (Å²) < 4.78 is 11.7. The molecule has 0 amide bonds. The van der Waals surface area contributed by atoms with Gasteiger partial charge in [0.05, 0.1) is 0 Å². The molecule has 0 atom stereocenters. The standard InChI is InChI=1S/C27H23NO5.ClH/c1-28(2)11-12-32-19-7-3-16(4-8-19)27(31)23-15-25-26(20-9-5-17(29)13-22(20)23)21-10-6-18(30)14-24(21)33-25;/h3-10,13-15,29-30H,11-12H2,1-2H3;1H. The summed E-state index contributed by atoms with van der Waals surface area (Å²) in [6, 6.07) is 18.7. The minimum Gasteiger partial charge on any atom is -0.508 e. The highest BCUT2D eigenvalue weighted by atomic mass is 35.5. The van der Waals surface area contributed by atoms with Crippen LogP contribution in [0.1, 0.15) is 15.9 Å². The lowest BCUT2D eigenvalue weighted by Gasteiger charge is -2.11. The minimum absolute atomic E-state index is 0. The Bertz CT molecular complexity index is 1510. The molecule has 1 heterocycles. The SMILES string of the molecule is CN(C)CCOc1ccc(C(=O)c2cc3oc4cc(O)ccc4c3c3ccc(O)cc23)cc1.Cl. The Morgan fingerprint density at radius 3 is 2.24 bits per heavy atom. The van der Waals surface area contributed by atoms with Crippen molar-refractivity contribution >= 4 is 50.9 Å². The van der Waals surface area contributed by atoms with Crippen LogP contribution in [0.15, 0.2) is 71.1 Å². The third-order valence-electron chi connectivity index (χ3n) is 5.71. The number of phenolic OH excluding ortho intramolecular Hbond substituents is 2. The van der Waals surface area contributed by atoms with Gasteiger partial charge in [0.15, 0.2) is 5.78 Å². The van der Waals surface area contributed by atoms with Crippen LogP contribution in [-0.2, 0) is 0 Å². The van der Waals surface area contributed by atoms with Crippen molar-refractivity contribution in [3.8, 4) is 17.2 Å². The van der Waals surface area contributed by atoms with Gasteiger partial charge in [0, 0.05) is 34.5 Å². The molecule has 7 heteroatoms. The average molecular weight is 478 g/mol. The second-order valence-electron chi connectivity index (χ2n) is 8.31. The molecule has 1 aromatic heterocycles. The lowest BCUT2D eigenvalue weighted by atomic mass is 9.94. The maximum absolute atomic E-state index is 13.5. The quantitative estimate of drug-likeness (QED) is 0.303. The Hall–Kier alpha value is -3.74. The predicted octanol–water partition coefficient (Wildman–Crippen LogP) is 5.74. The number of ketones is 1. The van der Waals surface area contributed by atoms with Crippen molar-refractivity contribution in [2.75, 3.05) is 27.2 Å². The van der Waals surface area contributed by atoms with Gasteiger partial charge in [-0.3, -0.25) is 4.79 Å². The Morgan fingerprint density at radius 1 is 0.853 bits per heavy atom. The van der Waals surface area contributed by atoms with Crippen LogP contribution in [0.25, 0.3) is 32.7 Å². The highest BCUT2D eigenvalue weighted by Gasteiger charge is 2.19. The second kappa shape index (κ2) is 9.25. The van der Waals surface area contributed by atoms with Crippen LogP contribution < -0.4 is 4.74 Å². The number of hydrogen-bond donors (Lipinski definition) is 2. The van der Waals surface area contributed by atoms with Crippen LogP contribution in [0.2, 0.25) is 0 Å². The number of hydrogen-bond acceptors (Lipinski definition) is 6.